The number of hydrogen-bond donors (Lipinski definition) is 0. The van der Waals surface area contributed by atoms with Crippen molar-refractivity contribution >= 4 is 11.6 Å². The van der Waals surface area contributed by atoms with Gasteiger partial charge in [0.2, 0.25) is 0 Å². The molecule has 0 atom stereocenters. The van der Waals surface area contributed by atoms with Crippen LogP contribution in [0.15, 0.2) is 24.3 Å². The van der Waals surface area contributed by atoms with Crippen LogP contribution in [0.5, 0.6) is 0 Å². The fourth-order valence-electron chi connectivity index (χ4n) is 2.39. The average molecular weight is 220 g/mol. The van der Waals surface area contributed by atoms with Gasteiger partial charge >= 0.3 is 0 Å². The minimum absolute atomic E-state index is 0.148. The van der Waals surface area contributed by atoms with Gasteiger partial charge in [0.15, 0.2) is 0 Å². The Bertz CT molecular complexity index is 386. The molecule has 78 valence electrons. The van der Waals surface area contributed by atoms with Crippen molar-refractivity contribution in [3.63, 3.8) is 0 Å². The molecule has 1 nitrogen and oxygen atoms in total. The smallest absolute Gasteiger partial charge is 0.0693 e. The molecule has 1 aliphatic carbocycles. The molecule has 2 heteroatoms. The minimum Gasteiger partial charge on any atom is -0.198 e. The molecule has 1 saturated carbocycles. The van der Waals surface area contributed by atoms with E-state index in [9.17, 15) is 5.26 Å². The molecule has 0 heterocycles. The molecule has 1 aromatic carbocycles. The van der Waals surface area contributed by atoms with E-state index in [0.29, 0.717) is 0 Å². The van der Waals surface area contributed by atoms with Gasteiger partial charge in [0.05, 0.1) is 11.5 Å². The third kappa shape index (κ3) is 2.16. The lowest BCUT2D eigenvalue weighted by Gasteiger charge is -2.20. The Morgan fingerprint density at radius 3 is 2.53 bits per heavy atom. The zero-order valence-electron chi connectivity index (χ0n) is 8.67. The fraction of sp³-hybridized carbons (Fsp3) is 0.462. The summed E-state index contributed by atoms with van der Waals surface area (Å²) >= 11 is 6.11. The highest BCUT2D eigenvalue weighted by atomic mass is 35.5. The number of nitriles is 1. The zero-order valence-corrected chi connectivity index (χ0v) is 9.43. The first kappa shape index (κ1) is 10.5. The molecule has 2 rings (SSSR count). The standard InChI is InChI=1S/C13H14ClN/c14-12-6-2-1-5-11(12)9-13(10-15)7-3-4-8-13/h1-2,5-6H,3-4,7-9H2. The lowest BCUT2D eigenvalue weighted by Crippen LogP contribution is -2.17. The van der Waals surface area contributed by atoms with E-state index < -0.39 is 0 Å². The number of benzene rings is 1. The molecule has 0 radical (unpaired) electrons. The third-order valence-electron chi connectivity index (χ3n) is 3.28. The van der Waals surface area contributed by atoms with Crippen LogP contribution in [-0.2, 0) is 6.42 Å². The van der Waals surface area contributed by atoms with Crippen LogP contribution in [0.25, 0.3) is 0 Å². The largest absolute Gasteiger partial charge is 0.198 e. The van der Waals surface area contributed by atoms with Gasteiger partial charge < -0.3 is 0 Å². The summed E-state index contributed by atoms with van der Waals surface area (Å²) in [5.41, 5.74) is 0.966. The SMILES string of the molecule is N#CC1(Cc2ccccc2Cl)CCCC1. The molecule has 1 aliphatic rings. The normalized spacial score (nSPS) is 18.7. The van der Waals surface area contributed by atoms with Crippen LogP contribution in [0.3, 0.4) is 0 Å². The molecule has 1 fully saturated rings. The monoisotopic (exact) mass is 219 g/mol. The maximum Gasteiger partial charge on any atom is 0.0693 e. The lowest BCUT2D eigenvalue weighted by molar-refractivity contribution is 0.408. The van der Waals surface area contributed by atoms with Gasteiger partial charge in [-0.25, -0.2) is 0 Å². The van der Waals surface area contributed by atoms with Crippen molar-refractivity contribution in [1.29, 1.82) is 5.26 Å². The topological polar surface area (TPSA) is 23.8 Å². The molecular formula is C13H14ClN. The van der Waals surface area contributed by atoms with Gasteiger partial charge in [-0.3, -0.25) is 0 Å². The highest BCUT2D eigenvalue weighted by molar-refractivity contribution is 6.31. The Labute approximate surface area is 95.7 Å². The molecule has 15 heavy (non-hydrogen) atoms. The first-order valence-corrected chi connectivity index (χ1v) is 5.78. The molecule has 0 spiro atoms. The van der Waals surface area contributed by atoms with Gasteiger partial charge in [0, 0.05) is 5.02 Å². The van der Waals surface area contributed by atoms with Gasteiger partial charge in [0.25, 0.3) is 0 Å². The van der Waals surface area contributed by atoms with Crippen molar-refractivity contribution < 1.29 is 0 Å². The van der Waals surface area contributed by atoms with Crippen LogP contribution in [0, 0.1) is 16.7 Å². The first-order chi connectivity index (χ1) is 7.26. The highest BCUT2D eigenvalue weighted by Crippen LogP contribution is 2.41. The van der Waals surface area contributed by atoms with Crippen molar-refractivity contribution in [3.8, 4) is 6.07 Å². The quantitative estimate of drug-likeness (QED) is 0.739. The van der Waals surface area contributed by atoms with Crippen LogP contribution in [0.2, 0.25) is 5.02 Å². The van der Waals surface area contributed by atoms with Crippen molar-refractivity contribution in [1.82, 2.24) is 0 Å². The van der Waals surface area contributed by atoms with E-state index in [4.69, 9.17) is 11.6 Å². The summed E-state index contributed by atoms with van der Waals surface area (Å²) < 4.78 is 0. The van der Waals surface area contributed by atoms with E-state index >= 15 is 0 Å². The lowest BCUT2D eigenvalue weighted by atomic mass is 9.81. The molecule has 0 unspecified atom stereocenters. The molecule has 1 aromatic rings. The second kappa shape index (κ2) is 4.24. The number of halogens is 1. The Balaban J connectivity index is 2.21. The molecule has 0 N–H and O–H groups in total. The van der Waals surface area contributed by atoms with Crippen molar-refractivity contribution in [2.24, 2.45) is 5.41 Å². The molecule has 0 amide bonds. The summed E-state index contributed by atoms with van der Waals surface area (Å²) in [6, 6.07) is 10.3. The van der Waals surface area contributed by atoms with Crippen LogP contribution in [0.4, 0.5) is 0 Å². The fourth-order valence-corrected chi connectivity index (χ4v) is 2.59. The summed E-state index contributed by atoms with van der Waals surface area (Å²) in [5.74, 6) is 0. The van der Waals surface area contributed by atoms with Crippen molar-refractivity contribution in [3.05, 3.63) is 34.9 Å². The summed E-state index contributed by atoms with van der Waals surface area (Å²) in [6.45, 7) is 0. The van der Waals surface area contributed by atoms with Gasteiger partial charge in [0.1, 0.15) is 0 Å². The van der Waals surface area contributed by atoms with Gasteiger partial charge in [-0.1, -0.05) is 42.6 Å². The van der Waals surface area contributed by atoms with Crippen LogP contribution >= 0.6 is 11.6 Å². The molecule has 0 aromatic heterocycles. The summed E-state index contributed by atoms with van der Waals surface area (Å²) in [6.07, 6.45) is 5.21. The van der Waals surface area contributed by atoms with Crippen molar-refractivity contribution in [2.75, 3.05) is 0 Å². The Morgan fingerprint density at radius 2 is 1.93 bits per heavy atom. The average Bonchev–Trinajstić information content (AvgIpc) is 2.71. The van der Waals surface area contributed by atoms with Crippen molar-refractivity contribution in [2.45, 2.75) is 32.1 Å². The maximum atomic E-state index is 9.28. The van der Waals surface area contributed by atoms with E-state index in [2.05, 4.69) is 6.07 Å². The van der Waals surface area contributed by atoms with E-state index in [1.54, 1.807) is 0 Å². The van der Waals surface area contributed by atoms with Crippen LogP contribution in [-0.4, -0.2) is 0 Å². The Kier molecular flexibility index (Phi) is 2.98. The van der Waals surface area contributed by atoms with Gasteiger partial charge in [-0.15, -0.1) is 0 Å². The van der Waals surface area contributed by atoms with E-state index in [-0.39, 0.29) is 5.41 Å². The first-order valence-electron chi connectivity index (χ1n) is 5.40. The van der Waals surface area contributed by atoms with Crippen LogP contribution < -0.4 is 0 Å². The molecular weight excluding hydrogens is 206 g/mol. The van der Waals surface area contributed by atoms with Gasteiger partial charge in [-0.05, 0) is 30.9 Å². The van der Waals surface area contributed by atoms with Crippen LogP contribution in [0.1, 0.15) is 31.2 Å². The second-order valence-corrected chi connectivity index (χ2v) is 4.77. The zero-order chi connectivity index (χ0) is 10.7. The van der Waals surface area contributed by atoms with E-state index in [1.165, 1.54) is 12.8 Å². The Hall–Kier alpha value is -1.00. The Morgan fingerprint density at radius 1 is 1.27 bits per heavy atom. The maximum absolute atomic E-state index is 9.28. The summed E-state index contributed by atoms with van der Waals surface area (Å²) in [5, 5.41) is 10.1. The molecule has 0 bridgehead atoms. The van der Waals surface area contributed by atoms with E-state index in [0.717, 1.165) is 29.8 Å². The van der Waals surface area contributed by atoms with Gasteiger partial charge in [-0.2, -0.15) is 5.26 Å². The summed E-state index contributed by atoms with van der Waals surface area (Å²) in [7, 11) is 0. The molecule has 0 saturated heterocycles. The van der Waals surface area contributed by atoms with E-state index in [1.807, 2.05) is 24.3 Å². The number of hydrogen-bond acceptors (Lipinski definition) is 1. The minimum atomic E-state index is -0.148. The number of nitrogens with zero attached hydrogens (tertiary/aromatic N) is 1. The predicted octanol–water partition coefficient (Wildman–Crippen LogP) is 3.97. The highest BCUT2D eigenvalue weighted by Gasteiger charge is 2.34. The number of rotatable bonds is 2. The third-order valence-corrected chi connectivity index (χ3v) is 3.65. The second-order valence-electron chi connectivity index (χ2n) is 4.37. The summed E-state index contributed by atoms with van der Waals surface area (Å²) in [4.78, 5) is 0. The molecule has 0 aliphatic heterocycles. The predicted molar refractivity (Wildman–Crippen MR) is 61.7 cm³/mol.